The number of ether oxygens (including phenoxy) is 1. The van der Waals surface area contributed by atoms with E-state index in [9.17, 15) is 4.79 Å². The van der Waals surface area contributed by atoms with Crippen LogP contribution in [0.1, 0.15) is 22.3 Å². The molecule has 0 aliphatic carbocycles. The van der Waals surface area contributed by atoms with Crippen LogP contribution < -0.4 is 4.74 Å². The van der Waals surface area contributed by atoms with E-state index < -0.39 is 0 Å². The highest BCUT2D eigenvalue weighted by molar-refractivity contribution is 5.75. The first-order valence-electron chi connectivity index (χ1n) is 4.48. The average Bonchev–Trinajstić information content (AvgIpc) is 2.27. The minimum absolute atomic E-state index is 0.343. The number of nitriles is 1. The minimum atomic E-state index is -0.343. The smallest absolute Gasteiger partial charge is 0.184 e. The van der Waals surface area contributed by atoms with E-state index in [4.69, 9.17) is 10.00 Å². The number of hydrogen-bond acceptors (Lipinski definition) is 3. The van der Waals surface area contributed by atoms with E-state index in [-0.39, 0.29) is 6.10 Å². The molecular weight excluding hydrogens is 178 g/mol. The van der Waals surface area contributed by atoms with Gasteiger partial charge in [-0.05, 0) is 30.2 Å². The highest BCUT2D eigenvalue weighted by Gasteiger charge is 2.18. The van der Waals surface area contributed by atoms with Gasteiger partial charge in [0.2, 0.25) is 0 Å². The first kappa shape index (κ1) is 8.76. The van der Waals surface area contributed by atoms with Crippen molar-refractivity contribution in [1.29, 1.82) is 5.26 Å². The second-order valence-corrected chi connectivity index (χ2v) is 3.26. The molecule has 0 amide bonds. The molecule has 1 aliphatic heterocycles. The molecule has 14 heavy (non-hydrogen) atoms. The van der Waals surface area contributed by atoms with E-state index in [2.05, 4.69) is 6.07 Å². The predicted molar refractivity (Wildman–Crippen MR) is 50.2 cm³/mol. The molecule has 1 atom stereocenters. The Morgan fingerprint density at radius 1 is 1.57 bits per heavy atom. The number of nitrogens with zero attached hydrogens (tertiary/aromatic N) is 1. The molecule has 2 rings (SSSR count). The van der Waals surface area contributed by atoms with Crippen LogP contribution in [0.25, 0.3) is 0 Å². The molecule has 1 heterocycles. The Morgan fingerprint density at radius 2 is 2.43 bits per heavy atom. The molecule has 0 saturated carbocycles. The molecule has 1 aliphatic rings. The highest BCUT2D eigenvalue weighted by atomic mass is 16.5. The van der Waals surface area contributed by atoms with Gasteiger partial charge in [0.15, 0.2) is 6.10 Å². The zero-order valence-corrected chi connectivity index (χ0v) is 7.56. The fraction of sp³-hybridized carbons (Fsp3) is 0.273. The Kier molecular flexibility index (Phi) is 2.19. The van der Waals surface area contributed by atoms with Gasteiger partial charge in [0, 0.05) is 12.0 Å². The molecule has 0 N–H and O–H groups in total. The number of hydrogen-bond donors (Lipinski definition) is 0. The maximum absolute atomic E-state index is 10.5. The van der Waals surface area contributed by atoms with Gasteiger partial charge < -0.3 is 4.74 Å². The first-order chi connectivity index (χ1) is 6.83. The van der Waals surface area contributed by atoms with E-state index in [0.29, 0.717) is 12.0 Å². The second-order valence-electron chi connectivity index (χ2n) is 3.26. The van der Waals surface area contributed by atoms with E-state index >= 15 is 0 Å². The van der Waals surface area contributed by atoms with Crippen LogP contribution in [0.5, 0.6) is 5.75 Å². The third-order valence-corrected chi connectivity index (χ3v) is 2.31. The largest absolute Gasteiger partial charge is 0.475 e. The lowest BCUT2D eigenvalue weighted by Gasteiger charge is -2.21. The number of carbonyl (C=O) groups excluding carboxylic acids is 1. The van der Waals surface area contributed by atoms with E-state index in [1.165, 1.54) is 0 Å². The van der Waals surface area contributed by atoms with Crippen LogP contribution in [0.3, 0.4) is 0 Å². The molecule has 0 saturated heterocycles. The molecule has 3 heteroatoms. The summed E-state index contributed by atoms with van der Waals surface area (Å²) in [4.78, 5) is 10.5. The SMILES string of the molecule is N#CC1CCc2cc(C=O)ccc2O1. The van der Waals surface area contributed by atoms with E-state index in [0.717, 1.165) is 24.0 Å². The Balaban J connectivity index is 2.33. The van der Waals surface area contributed by atoms with Crippen molar-refractivity contribution in [3.63, 3.8) is 0 Å². The third-order valence-electron chi connectivity index (χ3n) is 2.31. The summed E-state index contributed by atoms with van der Waals surface area (Å²) >= 11 is 0. The van der Waals surface area contributed by atoms with Gasteiger partial charge in [-0.15, -0.1) is 0 Å². The summed E-state index contributed by atoms with van der Waals surface area (Å²) in [6.07, 6.45) is 1.97. The summed E-state index contributed by atoms with van der Waals surface area (Å²) in [5.74, 6) is 0.730. The van der Waals surface area contributed by atoms with Crippen LogP contribution in [0, 0.1) is 11.3 Å². The Hall–Kier alpha value is -1.82. The third kappa shape index (κ3) is 1.47. The number of carbonyl (C=O) groups is 1. The molecule has 1 unspecified atom stereocenters. The van der Waals surface area contributed by atoms with Crippen molar-refractivity contribution in [2.24, 2.45) is 0 Å². The lowest BCUT2D eigenvalue weighted by Crippen LogP contribution is -2.20. The first-order valence-corrected chi connectivity index (χ1v) is 4.48. The van der Waals surface area contributed by atoms with Gasteiger partial charge in [-0.2, -0.15) is 5.26 Å². The quantitative estimate of drug-likeness (QED) is 0.629. The molecule has 3 nitrogen and oxygen atoms in total. The number of benzene rings is 1. The number of fused-ring (bicyclic) bond motifs is 1. The Morgan fingerprint density at radius 3 is 3.14 bits per heavy atom. The van der Waals surface area contributed by atoms with Gasteiger partial charge >= 0.3 is 0 Å². The second kappa shape index (κ2) is 3.51. The number of aldehydes is 1. The molecule has 0 fully saturated rings. The standard InChI is InChI=1S/C11H9NO2/c12-6-10-3-2-9-5-8(7-13)1-4-11(9)14-10/h1,4-5,7,10H,2-3H2. The van der Waals surface area contributed by atoms with Crippen LogP contribution in [-0.4, -0.2) is 12.4 Å². The summed E-state index contributed by atoms with van der Waals surface area (Å²) in [5.41, 5.74) is 1.67. The van der Waals surface area contributed by atoms with Gasteiger partial charge in [-0.3, -0.25) is 4.79 Å². The molecule has 0 bridgehead atoms. The number of rotatable bonds is 1. The molecule has 70 valence electrons. The van der Waals surface area contributed by atoms with Gasteiger partial charge in [0.25, 0.3) is 0 Å². The van der Waals surface area contributed by atoms with Gasteiger partial charge in [0.1, 0.15) is 18.1 Å². The van der Waals surface area contributed by atoms with Crippen LogP contribution in [0.2, 0.25) is 0 Å². The maximum atomic E-state index is 10.5. The molecule has 1 aromatic carbocycles. The predicted octanol–water partition coefficient (Wildman–Crippen LogP) is 1.72. The lowest BCUT2D eigenvalue weighted by molar-refractivity contribution is 0.112. The molecular formula is C11H9NO2. The van der Waals surface area contributed by atoms with Crippen LogP contribution in [0.15, 0.2) is 18.2 Å². The highest BCUT2D eigenvalue weighted by Crippen LogP contribution is 2.27. The van der Waals surface area contributed by atoms with Crippen molar-refractivity contribution in [2.75, 3.05) is 0 Å². The van der Waals surface area contributed by atoms with Gasteiger partial charge in [0.05, 0.1) is 0 Å². The van der Waals surface area contributed by atoms with Crippen molar-refractivity contribution in [1.82, 2.24) is 0 Å². The molecule has 0 spiro atoms. The minimum Gasteiger partial charge on any atom is -0.475 e. The van der Waals surface area contributed by atoms with Crippen molar-refractivity contribution in [2.45, 2.75) is 18.9 Å². The summed E-state index contributed by atoms with van der Waals surface area (Å²) in [5, 5.41) is 8.69. The fourth-order valence-electron chi connectivity index (χ4n) is 1.57. The van der Waals surface area contributed by atoms with E-state index in [1.807, 2.05) is 6.07 Å². The number of aryl methyl sites for hydroxylation is 1. The maximum Gasteiger partial charge on any atom is 0.184 e. The van der Waals surface area contributed by atoms with Crippen LogP contribution >= 0.6 is 0 Å². The van der Waals surface area contributed by atoms with Crippen molar-refractivity contribution < 1.29 is 9.53 Å². The molecule has 0 aromatic heterocycles. The normalized spacial score (nSPS) is 18.9. The van der Waals surface area contributed by atoms with Crippen LogP contribution in [0.4, 0.5) is 0 Å². The monoisotopic (exact) mass is 187 g/mol. The fourth-order valence-corrected chi connectivity index (χ4v) is 1.57. The molecule has 0 radical (unpaired) electrons. The summed E-state index contributed by atoms with van der Waals surface area (Å²) in [6, 6.07) is 7.35. The van der Waals surface area contributed by atoms with Crippen LogP contribution in [-0.2, 0) is 6.42 Å². The topological polar surface area (TPSA) is 50.1 Å². The van der Waals surface area contributed by atoms with Crippen molar-refractivity contribution in [3.05, 3.63) is 29.3 Å². The van der Waals surface area contributed by atoms with Crippen molar-refractivity contribution >= 4 is 6.29 Å². The molecule has 1 aromatic rings. The van der Waals surface area contributed by atoms with Gasteiger partial charge in [-0.1, -0.05) is 0 Å². The summed E-state index contributed by atoms with van der Waals surface area (Å²) in [7, 11) is 0. The summed E-state index contributed by atoms with van der Waals surface area (Å²) < 4.78 is 5.40. The van der Waals surface area contributed by atoms with Gasteiger partial charge in [-0.25, -0.2) is 0 Å². The Labute approximate surface area is 81.9 Å². The zero-order valence-electron chi connectivity index (χ0n) is 7.56. The lowest BCUT2D eigenvalue weighted by atomic mass is 10.0. The van der Waals surface area contributed by atoms with Crippen molar-refractivity contribution in [3.8, 4) is 11.8 Å². The summed E-state index contributed by atoms with van der Waals surface area (Å²) in [6.45, 7) is 0. The Bertz CT molecular complexity index is 406. The van der Waals surface area contributed by atoms with E-state index in [1.54, 1.807) is 12.1 Å². The average molecular weight is 187 g/mol. The zero-order chi connectivity index (χ0) is 9.97.